The molecule has 4 nitrogen and oxygen atoms in total. The molecule has 1 aromatic rings. The van der Waals surface area contributed by atoms with Crippen LogP contribution in [-0.4, -0.2) is 17.0 Å². The number of amides is 1. The average Bonchev–Trinajstić information content (AvgIpc) is 3.13. The van der Waals surface area contributed by atoms with E-state index in [0.717, 1.165) is 12.8 Å². The van der Waals surface area contributed by atoms with E-state index in [-0.39, 0.29) is 11.6 Å². The fourth-order valence-electron chi connectivity index (χ4n) is 1.80. The minimum Gasteiger partial charge on any atom is -0.477 e. The van der Waals surface area contributed by atoms with E-state index in [1.165, 1.54) is 11.8 Å². The molecule has 0 radical (unpaired) electrons. The first-order valence-electron chi connectivity index (χ1n) is 5.90. The van der Waals surface area contributed by atoms with Gasteiger partial charge in [-0.2, -0.15) is 0 Å². The Bertz CT molecular complexity index is 489. The molecule has 1 aromatic carbocycles. The van der Waals surface area contributed by atoms with Gasteiger partial charge >= 0.3 is 5.97 Å². The molecule has 0 aliphatic heterocycles. The van der Waals surface area contributed by atoms with Gasteiger partial charge in [0.2, 0.25) is 5.91 Å². The van der Waals surface area contributed by atoms with Gasteiger partial charge in [0, 0.05) is 12.6 Å². The van der Waals surface area contributed by atoms with Gasteiger partial charge in [-0.15, -0.1) is 0 Å². The number of anilines is 1. The van der Waals surface area contributed by atoms with Crippen molar-refractivity contribution >= 4 is 17.6 Å². The number of hydrogen-bond donors (Lipinski definition) is 1. The number of aliphatic carboxylic acids is 1. The molecule has 0 unspecified atom stereocenters. The minimum absolute atomic E-state index is 0.0520. The van der Waals surface area contributed by atoms with Gasteiger partial charge in [-0.25, -0.2) is 4.79 Å². The molecule has 0 bridgehead atoms. The molecule has 0 atom stereocenters. The number of carboxylic acid groups (broad SMARTS) is 1. The molecule has 0 saturated heterocycles. The van der Waals surface area contributed by atoms with Crippen molar-refractivity contribution in [2.75, 3.05) is 4.90 Å². The Balaban J connectivity index is 2.39. The van der Waals surface area contributed by atoms with Crippen molar-refractivity contribution < 1.29 is 14.7 Å². The molecular formula is C14H15NO3. The third-order valence-electron chi connectivity index (χ3n) is 2.80. The maximum absolute atomic E-state index is 11.7. The summed E-state index contributed by atoms with van der Waals surface area (Å²) >= 11 is 0. The van der Waals surface area contributed by atoms with Crippen molar-refractivity contribution in [3.63, 3.8) is 0 Å². The fraction of sp³-hybridized carbons (Fsp3) is 0.286. The lowest BCUT2D eigenvalue weighted by atomic mass is 10.2. The zero-order chi connectivity index (χ0) is 13.1. The van der Waals surface area contributed by atoms with E-state index < -0.39 is 5.97 Å². The topological polar surface area (TPSA) is 57.6 Å². The highest BCUT2D eigenvalue weighted by Gasteiger charge is 2.27. The van der Waals surface area contributed by atoms with Crippen LogP contribution in [0.3, 0.4) is 0 Å². The number of rotatable bonds is 4. The lowest BCUT2D eigenvalue weighted by molar-refractivity contribution is -0.133. The number of carboxylic acids is 1. The summed E-state index contributed by atoms with van der Waals surface area (Å²) in [6.45, 7) is 1.37. The highest BCUT2D eigenvalue weighted by molar-refractivity contribution is 6.05. The lowest BCUT2D eigenvalue weighted by Crippen LogP contribution is -2.31. The molecule has 0 heterocycles. The molecule has 1 amide bonds. The van der Waals surface area contributed by atoms with Crippen molar-refractivity contribution in [2.45, 2.75) is 19.8 Å². The SMILES string of the molecule is CC(=O)N(/C(=C/C1CC1)C(=O)O)c1ccccc1. The Morgan fingerprint density at radius 1 is 1.28 bits per heavy atom. The Labute approximate surface area is 106 Å². The van der Waals surface area contributed by atoms with Crippen molar-refractivity contribution in [3.05, 3.63) is 42.1 Å². The first-order chi connectivity index (χ1) is 8.59. The summed E-state index contributed by atoms with van der Waals surface area (Å²) in [4.78, 5) is 24.3. The largest absolute Gasteiger partial charge is 0.477 e. The zero-order valence-electron chi connectivity index (χ0n) is 10.2. The highest BCUT2D eigenvalue weighted by atomic mass is 16.4. The zero-order valence-corrected chi connectivity index (χ0v) is 10.2. The average molecular weight is 245 g/mol. The first kappa shape index (κ1) is 12.4. The molecule has 1 aliphatic rings. The number of carbonyl (C=O) groups is 2. The van der Waals surface area contributed by atoms with Gasteiger partial charge in [0.25, 0.3) is 0 Å². The third kappa shape index (κ3) is 2.77. The molecular weight excluding hydrogens is 230 g/mol. The van der Waals surface area contributed by atoms with Gasteiger partial charge in [0.05, 0.1) is 0 Å². The molecule has 94 valence electrons. The predicted molar refractivity (Wildman–Crippen MR) is 68.0 cm³/mol. The summed E-state index contributed by atoms with van der Waals surface area (Å²) in [7, 11) is 0. The summed E-state index contributed by atoms with van der Waals surface area (Å²) in [6, 6.07) is 8.84. The van der Waals surface area contributed by atoms with E-state index in [1.54, 1.807) is 30.3 Å². The van der Waals surface area contributed by atoms with E-state index in [0.29, 0.717) is 11.6 Å². The smallest absolute Gasteiger partial charge is 0.352 e. The Hall–Kier alpha value is -2.10. The Morgan fingerprint density at radius 3 is 2.33 bits per heavy atom. The molecule has 2 rings (SSSR count). The van der Waals surface area contributed by atoms with Crippen LogP contribution in [0.15, 0.2) is 42.1 Å². The second kappa shape index (κ2) is 5.04. The van der Waals surface area contributed by atoms with Gasteiger partial charge in [0.1, 0.15) is 5.70 Å². The van der Waals surface area contributed by atoms with E-state index >= 15 is 0 Å². The van der Waals surface area contributed by atoms with Crippen molar-refractivity contribution in [2.24, 2.45) is 5.92 Å². The number of allylic oxidation sites excluding steroid dienone is 1. The van der Waals surface area contributed by atoms with E-state index in [1.807, 2.05) is 6.07 Å². The molecule has 1 N–H and O–H groups in total. The molecule has 18 heavy (non-hydrogen) atoms. The van der Waals surface area contributed by atoms with Crippen LogP contribution in [0.2, 0.25) is 0 Å². The van der Waals surface area contributed by atoms with E-state index in [9.17, 15) is 14.7 Å². The maximum Gasteiger partial charge on any atom is 0.352 e. The third-order valence-corrected chi connectivity index (χ3v) is 2.80. The summed E-state index contributed by atoms with van der Waals surface area (Å²) < 4.78 is 0. The van der Waals surface area contributed by atoms with Gasteiger partial charge < -0.3 is 5.11 Å². The van der Waals surface area contributed by atoms with Gasteiger partial charge in [-0.3, -0.25) is 9.69 Å². The van der Waals surface area contributed by atoms with Crippen LogP contribution in [0.25, 0.3) is 0 Å². The molecule has 1 saturated carbocycles. The van der Waals surface area contributed by atoms with Gasteiger partial charge in [-0.1, -0.05) is 18.2 Å². The number of benzene rings is 1. The second-order valence-corrected chi connectivity index (χ2v) is 4.38. The summed E-state index contributed by atoms with van der Waals surface area (Å²) in [5.41, 5.74) is 0.635. The van der Waals surface area contributed by atoms with E-state index in [4.69, 9.17) is 0 Å². The van der Waals surface area contributed by atoms with Crippen LogP contribution in [0, 0.1) is 5.92 Å². The summed E-state index contributed by atoms with van der Waals surface area (Å²) in [6.07, 6.45) is 3.67. The quantitative estimate of drug-likeness (QED) is 0.829. The fourth-order valence-corrected chi connectivity index (χ4v) is 1.80. The molecule has 1 fully saturated rings. The van der Waals surface area contributed by atoms with Crippen LogP contribution >= 0.6 is 0 Å². The molecule has 0 aromatic heterocycles. The van der Waals surface area contributed by atoms with Crippen LogP contribution < -0.4 is 4.90 Å². The number of carbonyl (C=O) groups excluding carboxylic acids is 1. The number of para-hydroxylation sites is 1. The molecule has 4 heteroatoms. The first-order valence-corrected chi connectivity index (χ1v) is 5.90. The number of nitrogens with zero attached hydrogens (tertiary/aromatic N) is 1. The number of hydrogen-bond acceptors (Lipinski definition) is 2. The maximum atomic E-state index is 11.7. The summed E-state index contributed by atoms with van der Waals surface area (Å²) in [5, 5.41) is 9.27. The van der Waals surface area contributed by atoms with Crippen molar-refractivity contribution in [1.29, 1.82) is 0 Å². The molecule has 1 aliphatic carbocycles. The van der Waals surface area contributed by atoms with Crippen LogP contribution in [0.4, 0.5) is 5.69 Å². The minimum atomic E-state index is -1.07. The van der Waals surface area contributed by atoms with Crippen LogP contribution in [0.5, 0.6) is 0 Å². The van der Waals surface area contributed by atoms with Crippen molar-refractivity contribution in [1.82, 2.24) is 0 Å². The highest BCUT2D eigenvalue weighted by Crippen LogP contribution is 2.33. The van der Waals surface area contributed by atoms with Crippen LogP contribution in [-0.2, 0) is 9.59 Å². The Morgan fingerprint density at radius 2 is 1.89 bits per heavy atom. The van der Waals surface area contributed by atoms with Crippen molar-refractivity contribution in [3.8, 4) is 0 Å². The van der Waals surface area contributed by atoms with E-state index in [2.05, 4.69) is 0 Å². The Kier molecular flexibility index (Phi) is 3.46. The van der Waals surface area contributed by atoms with Gasteiger partial charge in [0.15, 0.2) is 0 Å². The summed E-state index contributed by atoms with van der Waals surface area (Å²) in [5.74, 6) is -1.07. The normalized spacial score (nSPS) is 15.3. The van der Waals surface area contributed by atoms with Gasteiger partial charge in [-0.05, 0) is 37.0 Å². The second-order valence-electron chi connectivity index (χ2n) is 4.38. The molecule has 0 spiro atoms. The monoisotopic (exact) mass is 245 g/mol. The lowest BCUT2D eigenvalue weighted by Gasteiger charge is -2.21. The van der Waals surface area contributed by atoms with Crippen LogP contribution in [0.1, 0.15) is 19.8 Å². The predicted octanol–water partition coefficient (Wildman–Crippen LogP) is 2.42. The standard InChI is InChI=1S/C14H15NO3/c1-10(16)15(12-5-3-2-4-6-12)13(14(17)18)9-11-7-8-11/h2-6,9,11H,7-8H2,1H3,(H,17,18)/b13-9+.